The molecule has 0 bridgehead atoms. The molecule has 1 aromatic rings. The largest absolute Gasteiger partial charge is 0.325 e. The van der Waals surface area contributed by atoms with Gasteiger partial charge in [-0.3, -0.25) is 4.79 Å². The van der Waals surface area contributed by atoms with E-state index >= 15 is 0 Å². The zero-order chi connectivity index (χ0) is 16.3. The fraction of sp³-hybridized carbons (Fsp3) is 0.533. The van der Waals surface area contributed by atoms with Gasteiger partial charge in [-0.2, -0.15) is 4.31 Å². The summed E-state index contributed by atoms with van der Waals surface area (Å²) in [7, 11) is -3.45. The molecule has 22 heavy (non-hydrogen) atoms. The smallest absolute Gasteiger partial charge is 0.243 e. The van der Waals surface area contributed by atoms with Crippen molar-refractivity contribution in [2.24, 2.45) is 5.92 Å². The van der Waals surface area contributed by atoms with Crippen LogP contribution in [-0.2, 0) is 14.8 Å². The van der Waals surface area contributed by atoms with E-state index < -0.39 is 15.4 Å². The van der Waals surface area contributed by atoms with Gasteiger partial charge in [-0.15, -0.1) is 11.6 Å². The van der Waals surface area contributed by atoms with Gasteiger partial charge in [-0.05, 0) is 49.9 Å². The van der Waals surface area contributed by atoms with E-state index in [1.165, 1.54) is 16.4 Å². The quantitative estimate of drug-likeness (QED) is 0.854. The molecule has 7 heteroatoms. The Kier molecular flexibility index (Phi) is 5.47. The number of hydrogen-bond acceptors (Lipinski definition) is 3. The van der Waals surface area contributed by atoms with Gasteiger partial charge < -0.3 is 5.32 Å². The van der Waals surface area contributed by atoms with Crippen LogP contribution in [0.3, 0.4) is 0 Å². The van der Waals surface area contributed by atoms with E-state index in [4.69, 9.17) is 11.6 Å². The molecule has 1 atom stereocenters. The molecular weight excluding hydrogens is 324 g/mol. The van der Waals surface area contributed by atoms with Crippen LogP contribution in [0.1, 0.15) is 26.7 Å². The van der Waals surface area contributed by atoms with Crippen LogP contribution in [0.2, 0.25) is 0 Å². The van der Waals surface area contributed by atoms with Crippen molar-refractivity contribution in [3.63, 3.8) is 0 Å². The molecule has 1 heterocycles. The van der Waals surface area contributed by atoms with E-state index in [9.17, 15) is 13.2 Å². The molecule has 1 saturated heterocycles. The number of hydrogen-bond donors (Lipinski definition) is 1. The minimum Gasteiger partial charge on any atom is -0.325 e. The molecule has 0 saturated carbocycles. The summed E-state index contributed by atoms with van der Waals surface area (Å²) in [5.41, 5.74) is 0.531. The molecule has 1 N–H and O–H groups in total. The number of nitrogens with one attached hydrogen (secondary N) is 1. The third kappa shape index (κ3) is 4.00. The van der Waals surface area contributed by atoms with Crippen LogP contribution < -0.4 is 5.32 Å². The van der Waals surface area contributed by atoms with Crippen LogP contribution in [0.4, 0.5) is 5.69 Å². The molecule has 0 aliphatic carbocycles. The summed E-state index contributed by atoms with van der Waals surface area (Å²) in [6.45, 7) is 4.84. The Labute approximate surface area is 136 Å². The summed E-state index contributed by atoms with van der Waals surface area (Å²) >= 11 is 5.68. The van der Waals surface area contributed by atoms with E-state index in [0.29, 0.717) is 24.7 Å². The molecule has 122 valence electrons. The summed E-state index contributed by atoms with van der Waals surface area (Å²) in [6, 6.07) is 6.19. The Balaban J connectivity index is 2.10. The molecule has 0 aromatic heterocycles. The molecule has 0 radical (unpaired) electrons. The van der Waals surface area contributed by atoms with Crippen molar-refractivity contribution >= 4 is 33.2 Å². The average molecular weight is 345 g/mol. The van der Waals surface area contributed by atoms with E-state index in [1.807, 2.05) is 0 Å². The van der Waals surface area contributed by atoms with Crippen LogP contribution in [0, 0.1) is 5.92 Å². The maximum Gasteiger partial charge on any atom is 0.243 e. The lowest BCUT2D eigenvalue weighted by atomic mass is 10.0. The number of nitrogens with zero attached hydrogens (tertiary/aromatic N) is 1. The first-order valence-electron chi connectivity index (χ1n) is 7.36. The average Bonchev–Trinajstić information content (AvgIpc) is 2.48. The summed E-state index contributed by atoms with van der Waals surface area (Å²) in [5.74, 6) is 0.254. The Morgan fingerprint density at radius 3 is 2.32 bits per heavy atom. The maximum atomic E-state index is 12.6. The monoisotopic (exact) mass is 344 g/mol. The van der Waals surface area contributed by atoms with Gasteiger partial charge in [0.1, 0.15) is 5.38 Å². The number of carbonyl (C=O) groups excluding carboxylic acids is 1. The lowest BCUT2D eigenvalue weighted by Gasteiger charge is -2.29. The Hall–Kier alpha value is -1.11. The molecule has 1 unspecified atom stereocenters. The predicted octanol–water partition coefficient (Wildman–Crippen LogP) is 2.67. The summed E-state index contributed by atoms with van der Waals surface area (Å²) in [4.78, 5) is 11.8. The van der Waals surface area contributed by atoms with Crippen LogP contribution in [0.5, 0.6) is 0 Å². The minimum absolute atomic E-state index is 0.249. The molecule has 1 aromatic carbocycles. The van der Waals surface area contributed by atoms with Crippen molar-refractivity contribution < 1.29 is 13.2 Å². The zero-order valence-corrected chi connectivity index (χ0v) is 14.3. The molecule has 1 aliphatic heterocycles. The minimum atomic E-state index is -3.45. The van der Waals surface area contributed by atoms with Crippen molar-refractivity contribution in [3.05, 3.63) is 24.3 Å². The maximum absolute atomic E-state index is 12.6. The zero-order valence-electron chi connectivity index (χ0n) is 12.8. The second-order valence-electron chi connectivity index (χ2n) is 5.72. The van der Waals surface area contributed by atoms with Crippen molar-refractivity contribution in [2.45, 2.75) is 37.0 Å². The fourth-order valence-corrected chi connectivity index (χ4v) is 3.85. The number of piperidine rings is 1. The molecule has 1 amide bonds. The number of amides is 1. The van der Waals surface area contributed by atoms with Crippen LogP contribution in [0.25, 0.3) is 0 Å². The SMILES string of the molecule is CC1CCN(S(=O)(=O)c2ccc(NC(=O)C(C)Cl)cc2)CC1. The number of halogens is 1. The highest BCUT2D eigenvalue weighted by atomic mass is 35.5. The first-order valence-corrected chi connectivity index (χ1v) is 9.23. The van der Waals surface area contributed by atoms with Crippen LogP contribution in [-0.4, -0.2) is 37.1 Å². The third-order valence-corrected chi connectivity index (χ3v) is 5.97. The van der Waals surface area contributed by atoms with Crippen molar-refractivity contribution in [2.75, 3.05) is 18.4 Å². The molecule has 5 nitrogen and oxygen atoms in total. The highest BCUT2D eigenvalue weighted by molar-refractivity contribution is 7.89. The van der Waals surface area contributed by atoms with Crippen LogP contribution >= 0.6 is 11.6 Å². The van der Waals surface area contributed by atoms with E-state index in [2.05, 4.69) is 12.2 Å². The van der Waals surface area contributed by atoms with Gasteiger partial charge in [-0.25, -0.2) is 8.42 Å². The fourth-order valence-electron chi connectivity index (χ4n) is 2.33. The number of benzene rings is 1. The molecular formula is C15H21ClN2O3S. The highest BCUT2D eigenvalue weighted by Crippen LogP contribution is 2.24. The van der Waals surface area contributed by atoms with Crippen molar-refractivity contribution in [1.29, 1.82) is 0 Å². The molecule has 1 fully saturated rings. The predicted molar refractivity (Wildman–Crippen MR) is 87.5 cm³/mol. The Morgan fingerprint density at radius 1 is 1.27 bits per heavy atom. The normalized spacial score (nSPS) is 18.9. The third-order valence-electron chi connectivity index (χ3n) is 3.86. The van der Waals surface area contributed by atoms with Crippen molar-refractivity contribution in [1.82, 2.24) is 4.31 Å². The highest BCUT2D eigenvalue weighted by Gasteiger charge is 2.27. The van der Waals surface area contributed by atoms with Crippen LogP contribution in [0.15, 0.2) is 29.2 Å². The first kappa shape index (κ1) is 17.2. The van der Waals surface area contributed by atoms with Gasteiger partial charge in [0.25, 0.3) is 0 Å². The summed E-state index contributed by atoms with van der Waals surface area (Å²) < 4.78 is 26.6. The summed E-state index contributed by atoms with van der Waals surface area (Å²) in [6.07, 6.45) is 1.78. The second kappa shape index (κ2) is 6.98. The molecule has 1 aliphatic rings. The standard InChI is InChI=1S/C15H21ClN2O3S/c1-11-7-9-18(10-8-11)22(20,21)14-5-3-13(4-6-14)17-15(19)12(2)16/h3-6,11-12H,7-10H2,1-2H3,(H,17,19). The Morgan fingerprint density at radius 2 is 1.82 bits per heavy atom. The van der Waals surface area contributed by atoms with Gasteiger partial charge in [0, 0.05) is 18.8 Å². The van der Waals surface area contributed by atoms with Gasteiger partial charge in [-0.1, -0.05) is 6.92 Å². The lowest BCUT2D eigenvalue weighted by Crippen LogP contribution is -2.37. The van der Waals surface area contributed by atoms with Gasteiger partial charge in [0.15, 0.2) is 0 Å². The first-order chi connectivity index (χ1) is 10.3. The summed E-state index contributed by atoms with van der Waals surface area (Å²) in [5, 5.41) is 1.99. The van der Waals surface area contributed by atoms with E-state index in [0.717, 1.165) is 12.8 Å². The van der Waals surface area contributed by atoms with Gasteiger partial charge >= 0.3 is 0 Å². The van der Waals surface area contributed by atoms with Gasteiger partial charge in [0.2, 0.25) is 15.9 Å². The van der Waals surface area contributed by atoms with Gasteiger partial charge in [0.05, 0.1) is 4.90 Å². The second-order valence-corrected chi connectivity index (χ2v) is 8.31. The lowest BCUT2D eigenvalue weighted by molar-refractivity contribution is -0.115. The van der Waals surface area contributed by atoms with E-state index in [1.54, 1.807) is 19.1 Å². The number of anilines is 1. The van der Waals surface area contributed by atoms with E-state index in [-0.39, 0.29) is 10.8 Å². The number of alkyl halides is 1. The topological polar surface area (TPSA) is 66.5 Å². The number of carbonyl (C=O) groups is 1. The Bertz CT molecular complexity index is 621. The number of sulfonamides is 1. The number of rotatable bonds is 4. The molecule has 0 spiro atoms. The molecule has 2 rings (SSSR count). The van der Waals surface area contributed by atoms with Crippen molar-refractivity contribution in [3.8, 4) is 0 Å².